The Kier molecular flexibility index (Phi) is 5.98. The van der Waals surface area contributed by atoms with E-state index in [9.17, 15) is 9.59 Å². The summed E-state index contributed by atoms with van der Waals surface area (Å²) in [4.78, 5) is 30.2. The van der Waals surface area contributed by atoms with Crippen molar-refractivity contribution in [3.05, 3.63) is 41.7 Å². The normalized spacial score (nSPS) is 13.8. The Labute approximate surface area is 158 Å². The first-order chi connectivity index (χ1) is 12.6. The number of nitrogens with zero attached hydrogens (tertiary/aromatic N) is 3. The van der Waals surface area contributed by atoms with Gasteiger partial charge < -0.3 is 10.2 Å². The summed E-state index contributed by atoms with van der Waals surface area (Å²) < 4.78 is 2.00. The lowest BCUT2D eigenvalue weighted by molar-refractivity contribution is -0.131. The van der Waals surface area contributed by atoms with Crippen molar-refractivity contribution in [3.8, 4) is 5.69 Å². The van der Waals surface area contributed by atoms with Crippen molar-refractivity contribution in [2.24, 2.45) is 0 Å². The molecule has 1 aromatic carbocycles. The summed E-state index contributed by atoms with van der Waals surface area (Å²) in [5, 5.41) is 3.48. The summed E-state index contributed by atoms with van der Waals surface area (Å²) in [6.07, 6.45) is 5.74. The summed E-state index contributed by atoms with van der Waals surface area (Å²) in [5.74, 6) is 0.0746. The van der Waals surface area contributed by atoms with Crippen LogP contribution < -0.4 is 5.32 Å². The second-order valence-corrected chi connectivity index (χ2v) is 7.39. The number of nitrogens with one attached hydrogen (secondary N) is 1. The van der Waals surface area contributed by atoms with Crippen molar-refractivity contribution in [1.82, 2.24) is 19.8 Å². The Morgan fingerprint density at radius 2 is 2.00 bits per heavy atom. The van der Waals surface area contributed by atoms with E-state index in [1.165, 1.54) is 22.9 Å². The van der Waals surface area contributed by atoms with Crippen LogP contribution in [0.5, 0.6) is 0 Å². The third-order valence-corrected chi connectivity index (χ3v) is 5.64. The predicted octanol–water partition coefficient (Wildman–Crippen LogP) is 2.32. The molecule has 0 radical (unpaired) electrons. The van der Waals surface area contributed by atoms with Gasteiger partial charge in [-0.05, 0) is 43.9 Å². The van der Waals surface area contributed by atoms with E-state index in [-0.39, 0.29) is 24.1 Å². The molecule has 2 aromatic rings. The van der Waals surface area contributed by atoms with Crippen LogP contribution in [0.4, 0.5) is 0 Å². The van der Waals surface area contributed by atoms with E-state index >= 15 is 0 Å². The maximum absolute atomic E-state index is 12.1. The van der Waals surface area contributed by atoms with E-state index in [1.807, 2.05) is 22.9 Å². The van der Waals surface area contributed by atoms with Crippen molar-refractivity contribution in [3.63, 3.8) is 0 Å². The van der Waals surface area contributed by atoms with E-state index in [0.717, 1.165) is 36.8 Å². The minimum Gasteiger partial charge on any atom is -0.346 e. The van der Waals surface area contributed by atoms with Crippen LogP contribution in [0.2, 0.25) is 0 Å². The number of hydrogen-bond donors (Lipinski definition) is 1. The van der Waals surface area contributed by atoms with Gasteiger partial charge in [0.05, 0.1) is 18.0 Å². The standard InChI is InChI=1S/C19H24N4O2S/c1-14-6-5-7-16(15(14)2)23-11-8-20-19(23)26-13-17(24)21-12-18(25)22-9-3-4-10-22/h5-8,11H,3-4,9-10,12-13H2,1-2H3,(H,21,24). The topological polar surface area (TPSA) is 67.2 Å². The van der Waals surface area contributed by atoms with Crippen LogP contribution in [0.15, 0.2) is 35.7 Å². The second-order valence-electron chi connectivity index (χ2n) is 6.45. The molecule has 0 unspecified atom stereocenters. The van der Waals surface area contributed by atoms with Crippen LogP contribution in [0, 0.1) is 13.8 Å². The molecule has 2 amide bonds. The minimum absolute atomic E-state index is 0.00210. The van der Waals surface area contributed by atoms with Gasteiger partial charge in [-0.25, -0.2) is 4.98 Å². The monoisotopic (exact) mass is 372 g/mol. The van der Waals surface area contributed by atoms with Gasteiger partial charge in [-0.3, -0.25) is 14.2 Å². The van der Waals surface area contributed by atoms with Crippen LogP contribution >= 0.6 is 11.8 Å². The summed E-state index contributed by atoms with van der Waals surface area (Å²) in [6, 6.07) is 6.14. The largest absolute Gasteiger partial charge is 0.346 e. The lowest BCUT2D eigenvalue weighted by atomic mass is 10.1. The van der Waals surface area contributed by atoms with Gasteiger partial charge in [-0.2, -0.15) is 0 Å². The van der Waals surface area contributed by atoms with Gasteiger partial charge in [0, 0.05) is 25.5 Å². The molecule has 2 heterocycles. The van der Waals surface area contributed by atoms with Crippen LogP contribution in [-0.2, 0) is 9.59 Å². The Morgan fingerprint density at radius 3 is 2.77 bits per heavy atom. The van der Waals surface area contributed by atoms with E-state index in [0.29, 0.717) is 0 Å². The highest BCUT2D eigenvalue weighted by Gasteiger charge is 2.18. The fourth-order valence-corrected chi connectivity index (χ4v) is 3.81. The molecule has 1 N–H and O–H groups in total. The Morgan fingerprint density at radius 1 is 1.23 bits per heavy atom. The molecule has 7 heteroatoms. The first-order valence-electron chi connectivity index (χ1n) is 8.83. The number of hydrogen-bond acceptors (Lipinski definition) is 4. The van der Waals surface area contributed by atoms with Crippen LogP contribution in [0.1, 0.15) is 24.0 Å². The van der Waals surface area contributed by atoms with Crippen molar-refractivity contribution < 1.29 is 9.59 Å². The molecular weight excluding hydrogens is 348 g/mol. The highest BCUT2D eigenvalue weighted by molar-refractivity contribution is 7.99. The molecule has 0 spiro atoms. The quantitative estimate of drug-likeness (QED) is 0.790. The number of amides is 2. The van der Waals surface area contributed by atoms with E-state index in [1.54, 1.807) is 11.1 Å². The molecule has 3 rings (SSSR count). The zero-order valence-corrected chi connectivity index (χ0v) is 16.0. The number of imidazole rings is 1. The smallest absolute Gasteiger partial charge is 0.241 e. The maximum atomic E-state index is 12.1. The number of carbonyl (C=O) groups is 2. The van der Waals surface area contributed by atoms with E-state index in [2.05, 4.69) is 30.2 Å². The number of rotatable bonds is 6. The molecule has 1 fully saturated rings. The lowest BCUT2D eigenvalue weighted by Crippen LogP contribution is -2.39. The molecule has 26 heavy (non-hydrogen) atoms. The first-order valence-corrected chi connectivity index (χ1v) is 9.82. The van der Waals surface area contributed by atoms with Crippen LogP contribution in [-0.4, -0.2) is 51.7 Å². The Balaban J connectivity index is 1.55. The average Bonchev–Trinajstić information content (AvgIpc) is 3.32. The number of benzene rings is 1. The Hall–Kier alpha value is -2.28. The molecule has 1 aliphatic heterocycles. The molecule has 6 nitrogen and oxygen atoms in total. The van der Waals surface area contributed by atoms with Crippen LogP contribution in [0.25, 0.3) is 5.69 Å². The fraction of sp³-hybridized carbons (Fsp3) is 0.421. The van der Waals surface area contributed by atoms with Gasteiger partial charge in [0.15, 0.2) is 5.16 Å². The van der Waals surface area contributed by atoms with Crippen molar-refractivity contribution in [2.45, 2.75) is 31.8 Å². The van der Waals surface area contributed by atoms with Gasteiger partial charge in [-0.1, -0.05) is 23.9 Å². The third-order valence-electron chi connectivity index (χ3n) is 4.67. The van der Waals surface area contributed by atoms with Crippen LogP contribution in [0.3, 0.4) is 0 Å². The van der Waals surface area contributed by atoms with Gasteiger partial charge >= 0.3 is 0 Å². The Bertz CT molecular complexity index is 797. The molecule has 138 valence electrons. The van der Waals surface area contributed by atoms with E-state index < -0.39 is 0 Å². The average molecular weight is 372 g/mol. The molecule has 1 aliphatic rings. The molecule has 1 aromatic heterocycles. The highest BCUT2D eigenvalue weighted by Crippen LogP contribution is 2.24. The minimum atomic E-state index is -0.155. The van der Waals surface area contributed by atoms with Gasteiger partial charge in [-0.15, -0.1) is 0 Å². The van der Waals surface area contributed by atoms with Crippen molar-refractivity contribution in [2.75, 3.05) is 25.4 Å². The molecule has 0 saturated carbocycles. The van der Waals surface area contributed by atoms with Gasteiger partial charge in [0.1, 0.15) is 0 Å². The summed E-state index contributed by atoms with van der Waals surface area (Å²) in [5.41, 5.74) is 3.47. The predicted molar refractivity (Wildman–Crippen MR) is 103 cm³/mol. The SMILES string of the molecule is Cc1cccc(-n2ccnc2SCC(=O)NCC(=O)N2CCCC2)c1C. The fourth-order valence-electron chi connectivity index (χ4n) is 3.01. The number of aryl methyl sites for hydroxylation is 1. The number of thioether (sulfide) groups is 1. The zero-order chi connectivity index (χ0) is 18.5. The molecule has 0 atom stereocenters. The number of carbonyl (C=O) groups excluding carboxylic acids is 2. The molecule has 0 bridgehead atoms. The lowest BCUT2D eigenvalue weighted by Gasteiger charge is -2.15. The van der Waals surface area contributed by atoms with Crippen molar-refractivity contribution in [1.29, 1.82) is 0 Å². The summed E-state index contributed by atoms with van der Waals surface area (Å²) in [6.45, 7) is 5.83. The molecular formula is C19H24N4O2S. The zero-order valence-electron chi connectivity index (χ0n) is 15.2. The van der Waals surface area contributed by atoms with E-state index in [4.69, 9.17) is 0 Å². The highest BCUT2D eigenvalue weighted by atomic mass is 32.2. The number of aromatic nitrogens is 2. The number of likely N-dealkylation sites (tertiary alicyclic amines) is 1. The maximum Gasteiger partial charge on any atom is 0.241 e. The van der Waals surface area contributed by atoms with Gasteiger partial charge in [0.2, 0.25) is 11.8 Å². The first kappa shape index (κ1) is 18.5. The molecule has 1 saturated heterocycles. The second kappa shape index (κ2) is 8.40. The third kappa shape index (κ3) is 4.27. The molecule has 0 aliphatic carbocycles. The van der Waals surface area contributed by atoms with Crippen molar-refractivity contribution >= 4 is 23.6 Å². The summed E-state index contributed by atoms with van der Waals surface area (Å²) >= 11 is 1.37. The summed E-state index contributed by atoms with van der Waals surface area (Å²) in [7, 11) is 0. The van der Waals surface area contributed by atoms with Gasteiger partial charge in [0.25, 0.3) is 0 Å².